The van der Waals surface area contributed by atoms with Crippen LogP contribution in [-0.2, 0) is 38.3 Å². The van der Waals surface area contributed by atoms with Gasteiger partial charge in [-0.2, -0.15) is 8.42 Å². The van der Waals surface area contributed by atoms with Crippen molar-refractivity contribution < 1.29 is 56.2 Å². The van der Waals surface area contributed by atoms with Gasteiger partial charge in [0.25, 0.3) is 0 Å². The molecule has 4 N–H and O–H groups in total. The molecule has 0 amide bonds. The maximum Gasteiger partial charge on any atom is 0.397 e. The molecule has 1 heterocycles. The van der Waals surface area contributed by atoms with E-state index in [1.807, 2.05) is 6.08 Å². The van der Waals surface area contributed by atoms with E-state index in [2.05, 4.69) is 72.7 Å². The van der Waals surface area contributed by atoms with Crippen LogP contribution in [0.25, 0.3) is 0 Å². The zero-order valence-electron chi connectivity index (χ0n) is 39.8. The molecule has 0 aromatic rings. The van der Waals surface area contributed by atoms with Crippen molar-refractivity contribution in [3.05, 3.63) is 60.8 Å². The summed E-state index contributed by atoms with van der Waals surface area (Å²) in [6.45, 7) is 3.83. The average Bonchev–Trinajstić information content (AvgIpc) is 3.27. The first kappa shape index (κ1) is 59.8. The third-order valence-corrected chi connectivity index (χ3v) is 11.6. The van der Waals surface area contributed by atoms with Crippen LogP contribution in [0.2, 0.25) is 0 Å². The van der Waals surface area contributed by atoms with E-state index in [-0.39, 0.29) is 19.6 Å². The van der Waals surface area contributed by atoms with Crippen LogP contribution in [-0.4, -0.2) is 97.5 Å². The second-order valence-corrected chi connectivity index (χ2v) is 18.1. The number of hydrogen-bond acceptors (Lipinski definition) is 11. The average molecular weight is 927 g/mol. The van der Waals surface area contributed by atoms with Gasteiger partial charge in [0.1, 0.15) is 30.5 Å². The number of allylic oxidation sites excluding steroid dienone is 10. The summed E-state index contributed by atoms with van der Waals surface area (Å²) in [6.07, 6.45) is 44.1. The second-order valence-electron chi connectivity index (χ2n) is 17.0. The van der Waals surface area contributed by atoms with Crippen molar-refractivity contribution in [2.24, 2.45) is 0 Å². The summed E-state index contributed by atoms with van der Waals surface area (Å²) in [5.41, 5.74) is 0. The summed E-state index contributed by atoms with van der Waals surface area (Å²) in [5.74, 6) is -0.454. The van der Waals surface area contributed by atoms with E-state index < -0.39 is 59.8 Å². The van der Waals surface area contributed by atoms with E-state index in [1.54, 1.807) is 0 Å². The quantitative estimate of drug-likeness (QED) is 0.0197. The van der Waals surface area contributed by atoms with E-state index in [0.717, 1.165) is 51.4 Å². The Morgan fingerprint density at radius 1 is 0.609 bits per heavy atom. The molecule has 0 aromatic heterocycles. The van der Waals surface area contributed by atoms with Crippen molar-refractivity contribution in [2.45, 2.75) is 230 Å². The number of unbranched alkanes of at least 4 members (excludes halogenated alkanes) is 20. The molecule has 64 heavy (non-hydrogen) atoms. The molecule has 0 radical (unpaired) electrons. The normalized spacial score (nSPS) is 20.2. The van der Waals surface area contributed by atoms with Crippen molar-refractivity contribution in [3.8, 4) is 0 Å². The Bertz CT molecular complexity index is 1350. The largest absolute Gasteiger partial charge is 0.457 e. The molecule has 1 saturated heterocycles. The second kappa shape index (κ2) is 42.2. The molecule has 6 atom stereocenters. The predicted molar refractivity (Wildman–Crippen MR) is 257 cm³/mol. The van der Waals surface area contributed by atoms with Gasteiger partial charge in [-0.25, -0.2) is 4.18 Å². The number of aliphatic hydroxyl groups excluding tert-OH is 3. The van der Waals surface area contributed by atoms with E-state index in [4.69, 9.17) is 18.9 Å². The van der Waals surface area contributed by atoms with Gasteiger partial charge in [-0.15, -0.1) is 0 Å². The Morgan fingerprint density at radius 3 is 1.52 bits per heavy atom. The number of hydrogen-bond donors (Lipinski definition) is 4. The van der Waals surface area contributed by atoms with Gasteiger partial charge < -0.3 is 34.3 Å². The first-order valence-electron chi connectivity index (χ1n) is 25.0. The summed E-state index contributed by atoms with van der Waals surface area (Å²) in [6, 6.07) is 0. The smallest absolute Gasteiger partial charge is 0.397 e. The molecular weight excluding hydrogens is 837 g/mol. The van der Waals surface area contributed by atoms with Crippen molar-refractivity contribution in [3.63, 3.8) is 0 Å². The molecule has 0 aliphatic carbocycles. The van der Waals surface area contributed by atoms with Gasteiger partial charge >= 0.3 is 16.4 Å². The molecule has 1 aliphatic rings. The molecule has 0 aromatic carbocycles. The number of carbonyl (C=O) groups is 1. The molecule has 0 bridgehead atoms. The highest BCUT2D eigenvalue weighted by Gasteiger charge is 2.48. The summed E-state index contributed by atoms with van der Waals surface area (Å²) >= 11 is 0. The minimum Gasteiger partial charge on any atom is -0.457 e. The number of ether oxygens (including phenoxy) is 4. The van der Waals surface area contributed by atoms with Gasteiger partial charge in [0.15, 0.2) is 6.29 Å². The third kappa shape index (κ3) is 35.1. The Labute approximate surface area is 388 Å². The molecule has 1 fully saturated rings. The minimum atomic E-state index is -5.07. The topological polar surface area (TPSA) is 178 Å². The molecule has 12 nitrogen and oxygen atoms in total. The standard InChI is InChI=1S/C51H90O12S/c1-3-5-7-9-11-13-15-17-19-21-22-23-25-27-29-31-33-35-37-39-41-59-43-45(44-60-51-49(55)50(63-64(56,57)58)48(54)46(42-52)62-51)61-47(53)40-38-36-34-32-30-28-26-24-20-18-16-14-12-10-8-6-4-2/h6,8,12,14,18,20,26,28,32,34,45-46,48-52,54-55H,3-5,7,9-11,13,15-17,19,21-25,27,29-31,33,35-44H2,1-2H3,(H,56,57,58)/b8-6-,14-12-,20-18-,28-26-,34-32-. The van der Waals surface area contributed by atoms with E-state index in [9.17, 15) is 33.1 Å². The minimum absolute atomic E-state index is 0.0133. The fraction of sp³-hybridized carbons (Fsp3) is 0.784. The molecule has 1 aliphatic heterocycles. The zero-order chi connectivity index (χ0) is 46.8. The lowest BCUT2D eigenvalue weighted by Crippen LogP contribution is -2.60. The Morgan fingerprint density at radius 2 is 1.06 bits per heavy atom. The van der Waals surface area contributed by atoms with E-state index >= 15 is 0 Å². The molecular formula is C51H90O12S. The Hall–Kier alpha value is -2.20. The van der Waals surface area contributed by atoms with Crippen LogP contribution in [0.3, 0.4) is 0 Å². The Balaban J connectivity index is 2.40. The first-order valence-corrected chi connectivity index (χ1v) is 26.4. The van der Waals surface area contributed by atoms with Crippen LogP contribution in [0.15, 0.2) is 60.8 Å². The monoisotopic (exact) mass is 927 g/mol. The van der Waals surface area contributed by atoms with Crippen molar-refractivity contribution in [2.75, 3.05) is 26.4 Å². The van der Waals surface area contributed by atoms with E-state index in [1.165, 1.54) is 109 Å². The highest BCUT2D eigenvalue weighted by molar-refractivity contribution is 7.80. The molecule has 0 spiro atoms. The molecule has 1 rings (SSSR count). The maximum atomic E-state index is 12.9. The maximum absolute atomic E-state index is 12.9. The third-order valence-electron chi connectivity index (χ3n) is 11.2. The SMILES string of the molecule is CC/C=C\C/C=C\C/C=C\C/C=C\C/C=C\CCCC(=O)OC(COCCCCCCCCCCCCCCCCCCCCCC)COC1OC(CO)C(O)C(OS(=O)(=O)O)C1O. The lowest BCUT2D eigenvalue weighted by atomic mass is 9.99. The van der Waals surface area contributed by atoms with Crippen LogP contribution in [0, 0.1) is 0 Å². The zero-order valence-corrected chi connectivity index (χ0v) is 40.6. The van der Waals surface area contributed by atoms with Crippen molar-refractivity contribution in [1.82, 2.24) is 0 Å². The van der Waals surface area contributed by atoms with Crippen LogP contribution in [0.4, 0.5) is 0 Å². The molecule has 13 heteroatoms. The van der Waals surface area contributed by atoms with Crippen LogP contribution in [0.1, 0.15) is 194 Å². The fourth-order valence-corrected chi connectivity index (χ4v) is 7.92. The van der Waals surface area contributed by atoms with E-state index in [0.29, 0.717) is 19.4 Å². The van der Waals surface area contributed by atoms with Gasteiger partial charge in [0.05, 0.1) is 19.8 Å². The van der Waals surface area contributed by atoms with Crippen LogP contribution < -0.4 is 0 Å². The highest BCUT2D eigenvalue weighted by Crippen LogP contribution is 2.26. The lowest BCUT2D eigenvalue weighted by Gasteiger charge is -2.41. The number of esters is 1. The summed E-state index contributed by atoms with van der Waals surface area (Å²) in [5, 5.41) is 30.7. The lowest BCUT2D eigenvalue weighted by molar-refractivity contribution is -0.301. The van der Waals surface area contributed by atoms with Crippen LogP contribution in [0.5, 0.6) is 0 Å². The number of aliphatic hydroxyl groups is 3. The van der Waals surface area contributed by atoms with Gasteiger partial charge in [-0.3, -0.25) is 9.35 Å². The Kier molecular flexibility index (Phi) is 39.4. The summed E-state index contributed by atoms with van der Waals surface area (Å²) in [7, 11) is -5.07. The van der Waals surface area contributed by atoms with Gasteiger partial charge in [-0.1, -0.05) is 197 Å². The molecule has 372 valence electrons. The van der Waals surface area contributed by atoms with Crippen molar-refractivity contribution in [1.29, 1.82) is 0 Å². The van der Waals surface area contributed by atoms with Gasteiger partial charge in [-0.05, 0) is 51.4 Å². The van der Waals surface area contributed by atoms with Crippen molar-refractivity contribution >= 4 is 16.4 Å². The fourth-order valence-electron chi connectivity index (χ4n) is 7.41. The first-order chi connectivity index (χ1) is 31.1. The van der Waals surface area contributed by atoms with Gasteiger partial charge in [0.2, 0.25) is 0 Å². The number of carbonyl (C=O) groups excluding carboxylic acids is 1. The number of rotatable bonds is 43. The molecule has 0 saturated carbocycles. The van der Waals surface area contributed by atoms with Crippen LogP contribution >= 0.6 is 0 Å². The molecule has 6 unspecified atom stereocenters. The summed E-state index contributed by atoms with van der Waals surface area (Å²) < 4.78 is 59.1. The summed E-state index contributed by atoms with van der Waals surface area (Å²) in [4.78, 5) is 12.9. The predicted octanol–water partition coefficient (Wildman–Crippen LogP) is 11.3. The highest BCUT2D eigenvalue weighted by atomic mass is 32.3. The van der Waals surface area contributed by atoms with Gasteiger partial charge in [0, 0.05) is 13.0 Å².